The molecule has 1 amide bonds. The quantitative estimate of drug-likeness (QED) is 0.807. The minimum Gasteiger partial charge on any atom is -0.465 e. The maximum Gasteiger partial charge on any atom is 0.407 e. The largest absolute Gasteiger partial charge is 0.465 e. The summed E-state index contributed by atoms with van der Waals surface area (Å²) in [5, 5.41) is 8.98. The van der Waals surface area contributed by atoms with Crippen LogP contribution in [0.15, 0.2) is 0 Å². The maximum atomic E-state index is 14.1. The summed E-state index contributed by atoms with van der Waals surface area (Å²) >= 11 is 0. The molecule has 0 aromatic heterocycles. The van der Waals surface area contributed by atoms with E-state index >= 15 is 0 Å². The Bertz CT molecular complexity index is 454. The van der Waals surface area contributed by atoms with Gasteiger partial charge in [0.25, 0.3) is 5.92 Å². The number of likely N-dealkylation sites (tertiary alicyclic amines) is 1. The molecule has 0 radical (unpaired) electrons. The molecule has 0 bridgehead atoms. The highest BCUT2D eigenvalue weighted by molar-refractivity contribution is 7.88. The molecule has 2 unspecified atom stereocenters. The number of rotatable bonds is 3. The van der Waals surface area contributed by atoms with Crippen LogP contribution >= 0.6 is 0 Å². The first-order valence-corrected chi connectivity index (χ1v) is 7.68. The molecule has 0 spiro atoms. The van der Waals surface area contributed by atoms with Gasteiger partial charge in [0.1, 0.15) is 0 Å². The Balaban J connectivity index is 2.97. The molecule has 3 atom stereocenters. The van der Waals surface area contributed by atoms with Gasteiger partial charge in [0.05, 0.1) is 12.2 Å². The Hall–Kier alpha value is -0.960. The SMILES string of the molecule is CC1CN(C(=O)O)[C@@H](C)C(CNS(C)(=O)=O)C1(F)F. The van der Waals surface area contributed by atoms with Crippen molar-refractivity contribution in [2.24, 2.45) is 11.8 Å². The maximum absolute atomic E-state index is 14.1. The van der Waals surface area contributed by atoms with E-state index in [0.29, 0.717) is 0 Å². The lowest BCUT2D eigenvalue weighted by molar-refractivity contribution is -0.154. The van der Waals surface area contributed by atoms with Crippen molar-refractivity contribution in [3.05, 3.63) is 0 Å². The van der Waals surface area contributed by atoms with E-state index in [9.17, 15) is 22.0 Å². The minimum absolute atomic E-state index is 0.265. The third-order valence-corrected chi connectivity index (χ3v) is 4.20. The molecule has 9 heteroatoms. The number of amides is 1. The van der Waals surface area contributed by atoms with E-state index in [1.54, 1.807) is 0 Å². The van der Waals surface area contributed by atoms with Gasteiger partial charge in [-0.2, -0.15) is 0 Å². The highest BCUT2D eigenvalue weighted by Gasteiger charge is 2.54. The van der Waals surface area contributed by atoms with Gasteiger partial charge in [-0.15, -0.1) is 0 Å². The minimum atomic E-state index is -3.60. The van der Waals surface area contributed by atoms with Crippen molar-refractivity contribution < 1.29 is 27.1 Å². The fourth-order valence-electron chi connectivity index (χ4n) is 2.29. The van der Waals surface area contributed by atoms with Crippen LogP contribution in [0.25, 0.3) is 0 Å². The summed E-state index contributed by atoms with van der Waals surface area (Å²) in [6, 6.07) is -0.960. The number of halogens is 2. The summed E-state index contributed by atoms with van der Waals surface area (Å²) < 4.78 is 52.2. The van der Waals surface area contributed by atoms with E-state index in [4.69, 9.17) is 5.11 Å². The average molecular weight is 300 g/mol. The van der Waals surface area contributed by atoms with E-state index < -0.39 is 46.5 Å². The third-order valence-electron chi connectivity index (χ3n) is 3.51. The van der Waals surface area contributed by atoms with Gasteiger partial charge in [-0.05, 0) is 6.92 Å². The summed E-state index contributed by atoms with van der Waals surface area (Å²) in [5.41, 5.74) is 0. The Labute approximate surface area is 110 Å². The van der Waals surface area contributed by atoms with Gasteiger partial charge >= 0.3 is 6.09 Å². The van der Waals surface area contributed by atoms with Gasteiger partial charge in [-0.1, -0.05) is 6.92 Å². The number of carbonyl (C=O) groups is 1. The molecule has 112 valence electrons. The van der Waals surface area contributed by atoms with Crippen LogP contribution in [0.5, 0.6) is 0 Å². The number of nitrogens with one attached hydrogen (secondary N) is 1. The Morgan fingerprint density at radius 1 is 1.47 bits per heavy atom. The van der Waals surface area contributed by atoms with Crippen molar-refractivity contribution in [1.29, 1.82) is 0 Å². The second kappa shape index (κ2) is 5.20. The number of carboxylic acid groups (broad SMARTS) is 1. The van der Waals surface area contributed by atoms with Crippen LogP contribution in [-0.2, 0) is 10.0 Å². The van der Waals surface area contributed by atoms with Gasteiger partial charge in [0.2, 0.25) is 10.0 Å². The van der Waals surface area contributed by atoms with Crippen molar-refractivity contribution in [1.82, 2.24) is 9.62 Å². The lowest BCUT2D eigenvalue weighted by Gasteiger charge is -2.46. The van der Waals surface area contributed by atoms with Crippen LogP contribution in [0.1, 0.15) is 13.8 Å². The van der Waals surface area contributed by atoms with Gasteiger partial charge in [-0.25, -0.2) is 26.7 Å². The van der Waals surface area contributed by atoms with E-state index in [2.05, 4.69) is 0 Å². The molecule has 1 rings (SSSR count). The van der Waals surface area contributed by atoms with Crippen molar-refractivity contribution in [2.45, 2.75) is 25.8 Å². The molecule has 1 heterocycles. The molecule has 1 aliphatic heterocycles. The molecule has 1 fully saturated rings. The molecule has 1 saturated heterocycles. The van der Waals surface area contributed by atoms with Crippen molar-refractivity contribution in [3.63, 3.8) is 0 Å². The number of hydrogen-bond donors (Lipinski definition) is 2. The van der Waals surface area contributed by atoms with Crippen LogP contribution in [-0.4, -0.2) is 55.8 Å². The van der Waals surface area contributed by atoms with Gasteiger partial charge in [-0.3, -0.25) is 0 Å². The van der Waals surface area contributed by atoms with Crippen molar-refractivity contribution in [2.75, 3.05) is 19.3 Å². The molecule has 6 nitrogen and oxygen atoms in total. The third kappa shape index (κ3) is 3.53. The predicted octanol–water partition coefficient (Wildman–Crippen LogP) is 0.805. The average Bonchev–Trinajstić information content (AvgIpc) is 2.21. The Morgan fingerprint density at radius 3 is 2.42 bits per heavy atom. The fraction of sp³-hybridized carbons (Fsp3) is 0.900. The molecular weight excluding hydrogens is 282 g/mol. The number of piperidine rings is 1. The van der Waals surface area contributed by atoms with E-state index in [1.807, 2.05) is 4.72 Å². The second-order valence-electron chi connectivity index (χ2n) is 4.98. The fourth-order valence-corrected chi connectivity index (χ4v) is 2.77. The predicted molar refractivity (Wildman–Crippen MR) is 64.6 cm³/mol. The van der Waals surface area contributed by atoms with Gasteiger partial charge < -0.3 is 10.0 Å². The smallest absolute Gasteiger partial charge is 0.407 e. The zero-order chi connectivity index (χ0) is 15.0. The van der Waals surface area contributed by atoms with Crippen LogP contribution in [0.4, 0.5) is 13.6 Å². The zero-order valence-electron chi connectivity index (χ0n) is 10.9. The first-order chi connectivity index (χ1) is 8.47. The lowest BCUT2D eigenvalue weighted by atomic mass is 9.81. The zero-order valence-corrected chi connectivity index (χ0v) is 11.7. The molecular formula is C10H18F2N2O4S. The van der Waals surface area contributed by atoms with Crippen LogP contribution in [0.3, 0.4) is 0 Å². The first-order valence-electron chi connectivity index (χ1n) is 5.78. The number of nitrogens with zero attached hydrogens (tertiary/aromatic N) is 1. The molecule has 0 aromatic rings. The standard InChI is InChI=1S/C10H18F2N2O4S/c1-6-5-14(9(15)16)7(2)8(10(6,11)12)4-13-19(3,17)18/h6-8,13H,4-5H2,1-3H3,(H,15,16)/t6?,7-,8?/m0/s1. The van der Waals surface area contributed by atoms with E-state index in [0.717, 1.165) is 11.2 Å². The molecule has 0 saturated carbocycles. The van der Waals surface area contributed by atoms with E-state index in [-0.39, 0.29) is 6.54 Å². The Kier molecular flexibility index (Phi) is 4.40. The molecule has 2 N–H and O–H groups in total. The molecule has 1 aliphatic rings. The van der Waals surface area contributed by atoms with Crippen LogP contribution in [0.2, 0.25) is 0 Å². The lowest BCUT2D eigenvalue weighted by Crippen LogP contribution is -2.61. The van der Waals surface area contributed by atoms with Crippen LogP contribution < -0.4 is 4.72 Å². The summed E-state index contributed by atoms with van der Waals surface area (Å²) in [6.45, 7) is 1.87. The molecule has 0 aliphatic carbocycles. The summed E-state index contributed by atoms with van der Waals surface area (Å²) in [5.74, 6) is -5.67. The number of sulfonamides is 1. The highest BCUT2D eigenvalue weighted by atomic mass is 32.2. The van der Waals surface area contributed by atoms with Crippen molar-refractivity contribution in [3.8, 4) is 0 Å². The normalized spacial score (nSPS) is 31.2. The van der Waals surface area contributed by atoms with Crippen LogP contribution in [0, 0.1) is 11.8 Å². The van der Waals surface area contributed by atoms with Gasteiger partial charge in [0.15, 0.2) is 0 Å². The number of hydrogen-bond acceptors (Lipinski definition) is 3. The molecule has 19 heavy (non-hydrogen) atoms. The van der Waals surface area contributed by atoms with Gasteiger partial charge in [0, 0.05) is 25.0 Å². The Morgan fingerprint density at radius 2 is 2.00 bits per heavy atom. The highest BCUT2D eigenvalue weighted by Crippen LogP contribution is 2.40. The first kappa shape index (κ1) is 16.1. The molecule has 0 aromatic carbocycles. The topological polar surface area (TPSA) is 86.7 Å². The second-order valence-corrected chi connectivity index (χ2v) is 6.81. The van der Waals surface area contributed by atoms with E-state index in [1.165, 1.54) is 13.8 Å². The summed E-state index contributed by atoms with van der Waals surface area (Å²) in [4.78, 5) is 11.9. The van der Waals surface area contributed by atoms with Crippen molar-refractivity contribution >= 4 is 16.1 Å². The number of alkyl halides is 2. The summed E-state index contributed by atoms with van der Waals surface area (Å²) in [6.07, 6.45) is -0.406. The summed E-state index contributed by atoms with van der Waals surface area (Å²) in [7, 11) is -3.60. The monoisotopic (exact) mass is 300 g/mol.